The summed E-state index contributed by atoms with van der Waals surface area (Å²) in [4.78, 5) is 33.7. The average Bonchev–Trinajstić information content (AvgIpc) is 3.28. The van der Waals surface area contributed by atoms with Gasteiger partial charge in [0.05, 0.1) is 18.0 Å². The summed E-state index contributed by atoms with van der Waals surface area (Å²) in [5.74, 6) is 0.0127. The van der Waals surface area contributed by atoms with E-state index in [4.69, 9.17) is 10.5 Å². The molecule has 1 aliphatic heterocycles. The lowest BCUT2D eigenvalue weighted by Crippen LogP contribution is -2.40. The number of benzene rings is 2. The van der Waals surface area contributed by atoms with Crippen LogP contribution in [0, 0.1) is 0 Å². The molecule has 2 atom stereocenters. The minimum absolute atomic E-state index is 0.0385. The van der Waals surface area contributed by atoms with E-state index in [1.165, 1.54) is 12.4 Å². The lowest BCUT2D eigenvalue weighted by atomic mass is 9.96. The third-order valence-corrected chi connectivity index (χ3v) is 6.92. The highest BCUT2D eigenvalue weighted by molar-refractivity contribution is 6.03. The van der Waals surface area contributed by atoms with Crippen molar-refractivity contribution < 1.29 is 14.3 Å². The number of nitrogens with two attached hydrogens (primary N) is 1. The normalized spacial score (nSPS) is 15.4. The molecule has 4 aromatic rings. The number of nitrogens with one attached hydrogen (secondary N) is 2. The lowest BCUT2D eigenvalue weighted by molar-refractivity contribution is -0.117. The van der Waals surface area contributed by atoms with Gasteiger partial charge in [0.1, 0.15) is 17.8 Å². The van der Waals surface area contributed by atoms with E-state index in [2.05, 4.69) is 31.7 Å². The summed E-state index contributed by atoms with van der Waals surface area (Å²) in [6.45, 7) is 4.48. The van der Waals surface area contributed by atoms with E-state index in [1.54, 1.807) is 7.11 Å². The van der Waals surface area contributed by atoms with Gasteiger partial charge in [0.2, 0.25) is 5.91 Å². The van der Waals surface area contributed by atoms with Gasteiger partial charge in [-0.2, -0.15) is 0 Å². The van der Waals surface area contributed by atoms with Crippen LogP contribution < -0.4 is 16.4 Å². The molecule has 38 heavy (non-hydrogen) atoms. The molecule has 2 aromatic heterocycles. The van der Waals surface area contributed by atoms with E-state index in [0.717, 1.165) is 46.3 Å². The molecule has 0 bridgehead atoms. The predicted octanol–water partition coefficient (Wildman–Crippen LogP) is 3.42. The highest BCUT2D eigenvalue weighted by Gasteiger charge is 2.28. The van der Waals surface area contributed by atoms with E-state index in [-0.39, 0.29) is 23.9 Å². The molecule has 194 valence electrons. The van der Waals surface area contributed by atoms with Crippen molar-refractivity contribution in [3.63, 3.8) is 0 Å². The first-order valence-electron chi connectivity index (χ1n) is 12.5. The molecular weight excluding hydrogens is 480 g/mol. The monoisotopic (exact) mass is 510 g/mol. The largest absolute Gasteiger partial charge is 0.383 e. The lowest BCUT2D eigenvalue weighted by Gasteiger charge is -2.26. The Hall–Kier alpha value is -4.50. The van der Waals surface area contributed by atoms with Gasteiger partial charge in [0.25, 0.3) is 5.91 Å². The summed E-state index contributed by atoms with van der Waals surface area (Å²) < 4.78 is 7.44. The highest BCUT2D eigenvalue weighted by atomic mass is 16.5. The van der Waals surface area contributed by atoms with Gasteiger partial charge in [0, 0.05) is 36.5 Å². The summed E-state index contributed by atoms with van der Waals surface area (Å²) in [5.41, 5.74) is 11.5. The Bertz CT molecular complexity index is 1480. The van der Waals surface area contributed by atoms with Gasteiger partial charge in [-0.05, 0) is 42.2 Å². The summed E-state index contributed by atoms with van der Waals surface area (Å²) in [7, 11) is 1.62. The molecule has 2 aromatic carbocycles. The minimum atomic E-state index is -0.262. The summed E-state index contributed by atoms with van der Waals surface area (Å²) >= 11 is 0. The van der Waals surface area contributed by atoms with Crippen molar-refractivity contribution in [2.75, 3.05) is 19.5 Å². The number of fused-ring (bicyclic) bond motifs is 3. The summed E-state index contributed by atoms with van der Waals surface area (Å²) in [6.07, 6.45) is 4.24. The van der Waals surface area contributed by atoms with E-state index < -0.39 is 0 Å². The van der Waals surface area contributed by atoms with Gasteiger partial charge in [-0.1, -0.05) is 49.0 Å². The van der Waals surface area contributed by atoms with Crippen molar-refractivity contribution in [1.82, 2.24) is 25.2 Å². The van der Waals surface area contributed by atoms with Crippen LogP contribution >= 0.6 is 0 Å². The molecule has 0 fully saturated rings. The Morgan fingerprint density at radius 2 is 1.95 bits per heavy atom. The number of hydrogen-bond acceptors (Lipinski definition) is 6. The first-order valence-corrected chi connectivity index (χ1v) is 12.5. The number of carbonyl (C=O) groups is 2. The van der Waals surface area contributed by atoms with Crippen LogP contribution in [0.5, 0.6) is 0 Å². The number of amides is 2. The van der Waals surface area contributed by atoms with Gasteiger partial charge < -0.3 is 25.7 Å². The Morgan fingerprint density at radius 1 is 1.18 bits per heavy atom. The van der Waals surface area contributed by atoms with Gasteiger partial charge in [0.15, 0.2) is 0 Å². The number of nitrogens with zero attached hydrogens (tertiary/aromatic N) is 3. The first-order chi connectivity index (χ1) is 18.5. The number of ether oxygens (including phenoxy) is 1. The predicted molar refractivity (Wildman–Crippen MR) is 146 cm³/mol. The molecule has 0 aliphatic carbocycles. The van der Waals surface area contributed by atoms with Gasteiger partial charge in [-0.3, -0.25) is 9.59 Å². The smallest absolute Gasteiger partial charge is 0.251 e. The number of methoxy groups -OCH3 is 1. The topological polar surface area (TPSA) is 124 Å². The van der Waals surface area contributed by atoms with Crippen molar-refractivity contribution in [2.24, 2.45) is 0 Å². The maximum absolute atomic E-state index is 13.1. The zero-order valence-electron chi connectivity index (χ0n) is 21.2. The molecule has 9 nitrogen and oxygen atoms in total. The number of nitrogen functional groups attached to an aromatic ring is 1. The Balaban J connectivity index is 1.45. The van der Waals surface area contributed by atoms with Crippen LogP contribution in [0.4, 0.5) is 5.82 Å². The molecule has 0 saturated carbocycles. The Morgan fingerprint density at radius 3 is 2.66 bits per heavy atom. The van der Waals surface area contributed by atoms with Crippen molar-refractivity contribution in [1.29, 1.82) is 0 Å². The second-order valence-corrected chi connectivity index (χ2v) is 9.31. The van der Waals surface area contributed by atoms with Crippen LogP contribution in [-0.2, 0) is 22.5 Å². The maximum atomic E-state index is 13.1. The summed E-state index contributed by atoms with van der Waals surface area (Å²) in [5, 5.41) is 6.83. The van der Waals surface area contributed by atoms with Crippen molar-refractivity contribution in [3.05, 3.63) is 90.4 Å². The van der Waals surface area contributed by atoms with Gasteiger partial charge in [-0.15, -0.1) is 0 Å². The Labute approximate surface area is 220 Å². The zero-order chi connectivity index (χ0) is 26.6. The van der Waals surface area contributed by atoms with Crippen LogP contribution in [-0.4, -0.2) is 46.1 Å². The quantitative estimate of drug-likeness (QED) is 0.312. The van der Waals surface area contributed by atoms with Crippen LogP contribution in [0.15, 0.2) is 73.6 Å². The highest BCUT2D eigenvalue weighted by Crippen LogP contribution is 2.39. The second-order valence-electron chi connectivity index (χ2n) is 9.31. The second kappa shape index (κ2) is 10.9. The number of anilines is 1. The average molecular weight is 511 g/mol. The molecule has 4 N–H and O–H groups in total. The third-order valence-electron chi connectivity index (χ3n) is 6.92. The van der Waals surface area contributed by atoms with Crippen LogP contribution in [0.3, 0.4) is 0 Å². The minimum Gasteiger partial charge on any atom is -0.383 e. The third kappa shape index (κ3) is 4.88. The number of hydrogen-bond donors (Lipinski definition) is 3. The van der Waals surface area contributed by atoms with Crippen molar-refractivity contribution in [2.45, 2.75) is 31.5 Å². The van der Waals surface area contributed by atoms with Gasteiger partial charge in [-0.25, -0.2) is 9.97 Å². The molecule has 3 heterocycles. The molecule has 2 amide bonds. The first kappa shape index (κ1) is 25.2. The van der Waals surface area contributed by atoms with E-state index in [9.17, 15) is 9.59 Å². The van der Waals surface area contributed by atoms with Gasteiger partial charge >= 0.3 is 0 Å². The fourth-order valence-electron chi connectivity index (χ4n) is 5.11. The van der Waals surface area contributed by atoms with E-state index in [1.807, 2.05) is 54.6 Å². The molecule has 5 rings (SSSR count). The SMILES string of the molecule is C=CC(=O)N[C@@H]1CCc2c(-c3ccc(C(=O)N[C@@H](COC)c4ccccc4)cc3)c3c(N)ncnc3n2C1. The molecule has 0 unspecified atom stereocenters. The molecule has 0 radical (unpaired) electrons. The van der Waals surface area contributed by atoms with E-state index >= 15 is 0 Å². The number of aromatic nitrogens is 3. The Kier molecular flexibility index (Phi) is 7.19. The molecule has 0 saturated heterocycles. The molecule has 0 spiro atoms. The standard InChI is InChI=1S/C29H30N6O3/c1-3-24(36)33-21-13-14-23-25(26-27(30)31-17-32-28(26)35(23)15-21)19-9-11-20(12-10-19)29(37)34-22(16-38-2)18-7-5-4-6-8-18/h3-12,17,21-22H,1,13-16H2,2H3,(H,33,36)(H,34,37)(H2,30,31,32)/t21-,22+/m1/s1. The molecule has 9 heteroatoms. The van der Waals surface area contributed by atoms with Crippen LogP contribution in [0.2, 0.25) is 0 Å². The fourth-order valence-corrected chi connectivity index (χ4v) is 5.11. The zero-order valence-corrected chi connectivity index (χ0v) is 21.2. The number of carbonyl (C=O) groups excluding carboxylic acids is 2. The van der Waals surface area contributed by atoms with Crippen molar-refractivity contribution >= 4 is 28.7 Å². The summed E-state index contributed by atoms with van der Waals surface area (Å²) in [6, 6.07) is 16.9. The molecule has 1 aliphatic rings. The van der Waals surface area contributed by atoms with Crippen LogP contribution in [0.25, 0.3) is 22.2 Å². The number of rotatable bonds is 8. The van der Waals surface area contributed by atoms with E-state index in [0.29, 0.717) is 24.5 Å². The van der Waals surface area contributed by atoms with Crippen molar-refractivity contribution in [3.8, 4) is 11.1 Å². The maximum Gasteiger partial charge on any atom is 0.251 e. The van der Waals surface area contributed by atoms with Crippen LogP contribution in [0.1, 0.15) is 34.1 Å². The molecular formula is C29H30N6O3. The fraction of sp³-hybridized carbons (Fsp3) is 0.241.